The summed E-state index contributed by atoms with van der Waals surface area (Å²) in [5.41, 5.74) is 11.7. The van der Waals surface area contributed by atoms with Crippen LogP contribution >= 0.6 is 11.6 Å². The number of unbranched alkanes of at least 4 members (excludes halogenated alkanes) is 1. The molecule has 1 aromatic heterocycles. The summed E-state index contributed by atoms with van der Waals surface area (Å²) in [5, 5.41) is 21.7. The third-order valence-corrected chi connectivity index (χ3v) is 8.00. The van der Waals surface area contributed by atoms with Gasteiger partial charge in [0.1, 0.15) is 6.04 Å². The second-order valence-corrected chi connectivity index (χ2v) is 11.6. The zero-order valence-corrected chi connectivity index (χ0v) is 25.4. The molecule has 1 heterocycles. The van der Waals surface area contributed by atoms with Crippen molar-refractivity contribution in [3.8, 4) is 0 Å². The van der Waals surface area contributed by atoms with E-state index in [0.717, 1.165) is 35.9 Å². The van der Waals surface area contributed by atoms with Crippen molar-refractivity contribution in [2.24, 2.45) is 11.5 Å². The highest BCUT2D eigenvalue weighted by Crippen LogP contribution is 2.46. The highest BCUT2D eigenvalue weighted by atomic mass is 35.5. The van der Waals surface area contributed by atoms with Crippen molar-refractivity contribution < 1.29 is 37.8 Å². The Labute approximate surface area is 267 Å². The number of nitrogens with one attached hydrogen (secondary N) is 1. The van der Waals surface area contributed by atoms with Crippen molar-refractivity contribution in [3.63, 3.8) is 0 Å². The first-order valence-corrected chi connectivity index (χ1v) is 14.9. The molecule has 0 unspecified atom stereocenters. The lowest BCUT2D eigenvalue weighted by atomic mass is 10.0. The van der Waals surface area contributed by atoms with Crippen LogP contribution in [-0.2, 0) is 23.1 Å². The van der Waals surface area contributed by atoms with Crippen LogP contribution in [0.15, 0.2) is 72.9 Å². The number of carbonyl (C=O) groups is 3. The fourth-order valence-electron chi connectivity index (χ4n) is 5.07. The van der Waals surface area contributed by atoms with Crippen molar-refractivity contribution in [1.82, 2.24) is 9.88 Å². The van der Waals surface area contributed by atoms with E-state index in [1.54, 1.807) is 36.5 Å². The molecule has 7 N–H and O–H groups in total. The third kappa shape index (κ3) is 8.45. The number of aliphatic carboxylic acids is 1. The Morgan fingerprint density at radius 2 is 1.63 bits per heavy atom. The number of hydrogen-bond acceptors (Lipinski definition) is 5. The molecule has 244 valence electrons. The van der Waals surface area contributed by atoms with E-state index in [1.807, 2.05) is 4.57 Å². The van der Waals surface area contributed by atoms with Gasteiger partial charge in [-0.2, -0.15) is 13.2 Å². The number of carbonyl (C=O) groups excluding carboxylic acids is 1. The number of alkyl halides is 3. The van der Waals surface area contributed by atoms with Crippen molar-refractivity contribution in [2.75, 3.05) is 6.54 Å². The minimum Gasteiger partial charge on any atom is -0.480 e. The average Bonchev–Trinajstić information content (AvgIpc) is 3.69. The summed E-state index contributed by atoms with van der Waals surface area (Å²) in [5.74, 6) is -2.29. The molecular formula is C33H34ClF3N4O5. The van der Waals surface area contributed by atoms with Crippen LogP contribution in [0.4, 0.5) is 13.2 Å². The summed E-state index contributed by atoms with van der Waals surface area (Å²) in [4.78, 5) is 34.8. The summed E-state index contributed by atoms with van der Waals surface area (Å²) in [6.45, 7) is 0.873. The minimum atomic E-state index is -4.41. The molecule has 0 spiro atoms. The first-order chi connectivity index (χ1) is 21.7. The first kappa shape index (κ1) is 34.5. The molecule has 13 heteroatoms. The average molecular weight is 659 g/mol. The van der Waals surface area contributed by atoms with E-state index in [2.05, 4.69) is 5.32 Å². The largest absolute Gasteiger partial charge is 0.480 e. The number of nitrogens with two attached hydrogens (primary N) is 2. The molecular weight excluding hydrogens is 625 g/mol. The van der Waals surface area contributed by atoms with Crippen LogP contribution in [0.25, 0.3) is 10.9 Å². The third-order valence-electron chi connectivity index (χ3n) is 7.78. The second-order valence-electron chi connectivity index (χ2n) is 11.2. The Kier molecular flexibility index (Phi) is 10.8. The summed E-state index contributed by atoms with van der Waals surface area (Å²) in [6.07, 6.45) is 0.945. The maximum Gasteiger partial charge on any atom is 0.416 e. The van der Waals surface area contributed by atoms with E-state index in [9.17, 15) is 27.6 Å². The van der Waals surface area contributed by atoms with Gasteiger partial charge in [-0.25, -0.2) is 4.79 Å². The van der Waals surface area contributed by atoms with Gasteiger partial charge in [0, 0.05) is 23.2 Å². The maximum atomic E-state index is 13.5. The molecule has 1 saturated carbocycles. The van der Waals surface area contributed by atoms with Crippen LogP contribution in [-0.4, -0.2) is 45.2 Å². The molecule has 4 aromatic rings. The van der Waals surface area contributed by atoms with Crippen LogP contribution < -0.4 is 16.8 Å². The van der Waals surface area contributed by atoms with Gasteiger partial charge in [-0.3, -0.25) is 9.59 Å². The lowest BCUT2D eigenvalue weighted by molar-refractivity contribution is -0.139. The molecule has 1 amide bonds. The highest BCUT2D eigenvalue weighted by molar-refractivity contribution is 6.32. The topological polar surface area (TPSA) is 161 Å². The molecule has 1 atom stereocenters. The SMILES string of the molecule is NCCCC[C@H](N)C(=O)O.O=C(O)c1ccc(C2(NC(=O)c3cc(Cl)cc4ccn(Cc5ccc(C(F)(F)F)cc5)c34)CC2)cc1. The number of halogens is 4. The number of amides is 1. The quantitative estimate of drug-likeness (QED) is 0.123. The Morgan fingerprint density at radius 3 is 2.17 bits per heavy atom. The number of fused-ring (bicyclic) bond motifs is 1. The highest BCUT2D eigenvalue weighted by Gasteiger charge is 2.46. The van der Waals surface area contributed by atoms with Crippen LogP contribution in [0.2, 0.25) is 5.02 Å². The standard InChI is InChI=1S/C27H20ClF3N2O3.C6H14N2O2/c28-21-13-18-9-12-33(15-16-1-5-20(6-2-16)27(29,30)31)23(18)22(14-21)24(34)32-26(10-11-26)19-7-3-17(4-8-19)25(35)36;7-4-2-1-3-5(8)6(9)10/h1-9,12-14H,10-11,15H2,(H,32,34)(H,35,36);5H,1-4,7-8H2,(H,9,10)/t;5-/m.0/s1. The van der Waals surface area contributed by atoms with E-state index in [1.165, 1.54) is 24.3 Å². The molecule has 9 nitrogen and oxygen atoms in total. The van der Waals surface area contributed by atoms with E-state index in [-0.39, 0.29) is 18.0 Å². The van der Waals surface area contributed by atoms with Crippen molar-refractivity contribution in [2.45, 2.75) is 56.4 Å². The van der Waals surface area contributed by atoms with Gasteiger partial charge in [0.05, 0.1) is 27.7 Å². The molecule has 0 saturated heterocycles. The first-order valence-electron chi connectivity index (χ1n) is 14.5. The Hall–Kier alpha value is -4.39. The number of nitrogens with zero attached hydrogens (tertiary/aromatic N) is 1. The second kappa shape index (κ2) is 14.4. The molecule has 1 fully saturated rings. The van der Waals surface area contributed by atoms with Gasteiger partial charge in [-0.05, 0) is 85.8 Å². The van der Waals surface area contributed by atoms with E-state index < -0.39 is 35.3 Å². The Bertz CT molecular complexity index is 1700. The van der Waals surface area contributed by atoms with Crippen molar-refractivity contribution >= 4 is 40.3 Å². The van der Waals surface area contributed by atoms with Gasteiger partial charge in [0.25, 0.3) is 5.91 Å². The fourth-order valence-corrected chi connectivity index (χ4v) is 5.30. The zero-order chi connectivity index (χ0) is 33.6. The predicted molar refractivity (Wildman–Crippen MR) is 168 cm³/mol. The van der Waals surface area contributed by atoms with E-state index in [0.29, 0.717) is 47.5 Å². The molecule has 5 rings (SSSR count). The fraction of sp³-hybridized carbons (Fsp3) is 0.303. The summed E-state index contributed by atoms with van der Waals surface area (Å²) in [6, 6.07) is 15.7. The summed E-state index contributed by atoms with van der Waals surface area (Å²) >= 11 is 6.30. The Balaban J connectivity index is 0.000000416. The lowest BCUT2D eigenvalue weighted by Crippen LogP contribution is -2.35. The number of benzene rings is 3. The van der Waals surface area contributed by atoms with Crippen LogP contribution in [0.5, 0.6) is 0 Å². The smallest absolute Gasteiger partial charge is 0.416 e. The number of aromatic nitrogens is 1. The van der Waals surface area contributed by atoms with Crippen molar-refractivity contribution in [3.05, 3.63) is 106 Å². The number of rotatable bonds is 11. The number of carboxylic acids is 2. The molecule has 0 bridgehead atoms. The van der Waals surface area contributed by atoms with Gasteiger partial charge >= 0.3 is 18.1 Å². The monoisotopic (exact) mass is 658 g/mol. The van der Waals surface area contributed by atoms with Gasteiger partial charge in [0.2, 0.25) is 0 Å². The van der Waals surface area contributed by atoms with Crippen LogP contribution in [0.1, 0.15) is 69.5 Å². The molecule has 0 aliphatic heterocycles. The van der Waals surface area contributed by atoms with Gasteiger partial charge in [0.15, 0.2) is 0 Å². The van der Waals surface area contributed by atoms with Crippen LogP contribution in [0, 0.1) is 0 Å². The minimum absolute atomic E-state index is 0.165. The normalized spacial score (nSPS) is 14.2. The number of hydrogen-bond donors (Lipinski definition) is 5. The summed E-state index contributed by atoms with van der Waals surface area (Å²) < 4.78 is 40.6. The van der Waals surface area contributed by atoms with E-state index >= 15 is 0 Å². The molecule has 46 heavy (non-hydrogen) atoms. The van der Waals surface area contributed by atoms with Crippen molar-refractivity contribution in [1.29, 1.82) is 0 Å². The van der Waals surface area contributed by atoms with E-state index in [4.69, 9.17) is 33.3 Å². The molecule has 0 radical (unpaired) electrons. The van der Waals surface area contributed by atoms with Gasteiger partial charge < -0.3 is 31.6 Å². The maximum absolute atomic E-state index is 13.5. The molecule has 1 aliphatic carbocycles. The van der Waals surface area contributed by atoms with Crippen LogP contribution in [0.3, 0.4) is 0 Å². The van der Waals surface area contributed by atoms with Gasteiger partial charge in [-0.1, -0.05) is 42.3 Å². The van der Waals surface area contributed by atoms with Gasteiger partial charge in [-0.15, -0.1) is 0 Å². The predicted octanol–water partition coefficient (Wildman–Crippen LogP) is 6.01. The summed E-state index contributed by atoms with van der Waals surface area (Å²) in [7, 11) is 0. The number of aromatic carboxylic acids is 1. The molecule has 3 aromatic carbocycles. The Morgan fingerprint density at radius 1 is 0.978 bits per heavy atom. The lowest BCUT2D eigenvalue weighted by Gasteiger charge is -2.19. The number of carboxylic acid groups (broad SMARTS) is 2. The zero-order valence-electron chi connectivity index (χ0n) is 24.7. The molecule has 1 aliphatic rings.